The van der Waals surface area contributed by atoms with E-state index in [1.54, 1.807) is 62.8 Å². The van der Waals surface area contributed by atoms with Crippen LogP contribution in [0, 0.1) is 0 Å². The van der Waals surface area contributed by atoms with Crippen molar-refractivity contribution in [2.45, 2.75) is 11.4 Å². The minimum absolute atomic E-state index is 0.158. The lowest BCUT2D eigenvalue weighted by Crippen LogP contribution is -2.23. The van der Waals surface area contributed by atoms with Gasteiger partial charge in [0.1, 0.15) is 11.5 Å². The summed E-state index contributed by atoms with van der Waals surface area (Å²) < 4.78 is 37.2. The normalized spacial score (nSPS) is 11.1. The Morgan fingerprint density at radius 3 is 2.05 bits per heavy atom. The molecule has 0 heterocycles. The van der Waals surface area contributed by atoms with Gasteiger partial charge in [-0.15, -0.1) is 0 Å². The first kappa shape index (κ1) is 15.3. The summed E-state index contributed by atoms with van der Waals surface area (Å²) in [6.07, 6.45) is 0. The third kappa shape index (κ3) is 3.96. The van der Waals surface area contributed by atoms with Crippen LogP contribution in [0.5, 0.6) is 11.5 Å². The molecule has 2 aromatic carbocycles. The highest BCUT2D eigenvalue weighted by molar-refractivity contribution is 7.89. The van der Waals surface area contributed by atoms with Crippen LogP contribution in [0.15, 0.2) is 53.4 Å². The molecule has 0 aliphatic heterocycles. The molecule has 0 aliphatic rings. The average molecular weight is 307 g/mol. The molecular formula is C15H17NO4S. The zero-order valence-electron chi connectivity index (χ0n) is 11.9. The van der Waals surface area contributed by atoms with E-state index < -0.39 is 10.0 Å². The number of benzene rings is 2. The van der Waals surface area contributed by atoms with Gasteiger partial charge >= 0.3 is 0 Å². The van der Waals surface area contributed by atoms with Gasteiger partial charge in [0.2, 0.25) is 10.0 Å². The lowest BCUT2D eigenvalue weighted by Gasteiger charge is -2.10. The van der Waals surface area contributed by atoms with Crippen LogP contribution in [-0.4, -0.2) is 22.6 Å². The molecule has 0 saturated heterocycles. The number of rotatable bonds is 6. The summed E-state index contributed by atoms with van der Waals surface area (Å²) in [4.78, 5) is 0.236. The van der Waals surface area contributed by atoms with Gasteiger partial charge in [-0.3, -0.25) is 0 Å². The molecule has 0 atom stereocenters. The largest absolute Gasteiger partial charge is 0.497 e. The average Bonchev–Trinajstić information content (AvgIpc) is 2.53. The molecule has 0 unspecified atom stereocenters. The van der Waals surface area contributed by atoms with E-state index >= 15 is 0 Å². The first-order valence-electron chi connectivity index (χ1n) is 6.32. The van der Waals surface area contributed by atoms with Gasteiger partial charge in [-0.2, -0.15) is 0 Å². The smallest absolute Gasteiger partial charge is 0.240 e. The molecule has 0 amide bonds. The van der Waals surface area contributed by atoms with E-state index in [0.29, 0.717) is 11.5 Å². The molecule has 0 spiro atoms. The van der Waals surface area contributed by atoms with Crippen LogP contribution in [0.4, 0.5) is 0 Å². The highest BCUT2D eigenvalue weighted by atomic mass is 32.2. The lowest BCUT2D eigenvalue weighted by atomic mass is 10.2. The molecule has 0 bridgehead atoms. The quantitative estimate of drug-likeness (QED) is 0.888. The van der Waals surface area contributed by atoms with E-state index in [1.807, 2.05) is 0 Å². The summed E-state index contributed by atoms with van der Waals surface area (Å²) in [7, 11) is -0.433. The standard InChI is InChI=1S/C15H17NO4S/c1-19-13-8-12(9-14(10-13)20-2)11-16-21(17,18)15-6-4-3-5-7-15/h3-10,16H,11H2,1-2H3. The van der Waals surface area contributed by atoms with Crippen LogP contribution >= 0.6 is 0 Å². The second-order valence-electron chi connectivity index (χ2n) is 4.36. The van der Waals surface area contributed by atoms with Crippen molar-refractivity contribution in [3.8, 4) is 11.5 Å². The molecule has 0 aliphatic carbocycles. The topological polar surface area (TPSA) is 64.6 Å². The number of sulfonamides is 1. The van der Waals surface area contributed by atoms with Crippen molar-refractivity contribution in [2.24, 2.45) is 0 Å². The number of nitrogens with one attached hydrogen (secondary N) is 1. The Balaban J connectivity index is 2.16. The fourth-order valence-electron chi connectivity index (χ4n) is 1.83. The van der Waals surface area contributed by atoms with Crippen molar-refractivity contribution in [1.29, 1.82) is 0 Å². The Hall–Kier alpha value is -2.05. The van der Waals surface area contributed by atoms with Gasteiger partial charge in [0, 0.05) is 12.6 Å². The maximum Gasteiger partial charge on any atom is 0.240 e. The van der Waals surface area contributed by atoms with Crippen molar-refractivity contribution in [1.82, 2.24) is 4.72 Å². The zero-order valence-corrected chi connectivity index (χ0v) is 12.7. The zero-order chi connectivity index (χ0) is 15.3. The molecule has 0 fully saturated rings. The number of hydrogen-bond donors (Lipinski definition) is 1. The van der Waals surface area contributed by atoms with Crippen molar-refractivity contribution >= 4 is 10.0 Å². The summed E-state index contributed by atoms with van der Waals surface area (Å²) >= 11 is 0. The van der Waals surface area contributed by atoms with Crippen LogP contribution < -0.4 is 14.2 Å². The van der Waals surface area contributed by atoms with Crippen LogP contribution in [0.1, 0.15) is 5.56 Å². The Bertz CT molecular complexity index is 677. The van der Waals surface area contributed by atoms with Gasteiger partial charge in [0.25, 0.3) is 0 Å². The molecule has 0 aromatic heterocycles. The van der Waals surface area contributed by atoms with Crippen LogP contribution in [0.2, 0.25) is 0 Å². The van der Waals surface area contributed by atoms with Gasteiger partial charge in [-0.25, -0.2) is 13.1 Å². The minimum atomic E-state index is -3.53. The maximum atomic E-state index is 12.1. The van der Waals surface area contributed by atoms with E-state index in [0.717, 1.165) is 5.56 Å². The fraction of sp³-hybridized carbons (Fsp3) is 0.200. The Kier molecular flexibility index (Phi) is 4.82. The summed E-state index contributed by atoms with van der Waals surface area (Å²) in [5.41, 5.74) is 0.755. The van der Waals surface area contributed by atoms with E-state index in [1.165, 1.54) is 0 Å². The van der Waals surface area contributed by atoms with E-state index in [-0.39, 0.29) is 11.4 Å². The van der Waals surface area contributed by atoms with Crippen molar-refractivity contribution in [2.75, 3.05) is 14.2 Å². The maximum absolute atomic E-state index is 12.1. The predicted molar refractivity (Wildman–Crippen MR) is 80.0 cm³/mol. The monoisotopic (exact) mass is 307 g/mol. The molecule has 21 heavy (non-hydrogen) atoms. The van der Waals surface area contributed by atoms with Crippen LogP contribution in [0.3, 0.4) is 0 Å². The van der Waals surface area contributed by atoms with Gasteiger partial charge in [0.05, 0.1) is 19.1 Å². The molecule has 112 valence electrons. The number of methoxy groups -OCH3 is 2. The van der Waals surface area contributed by atoms with Crippen molar-refractivity contribution in [3.63, 3.8) is 0 Å². The van der Waals surface area contributed by atoms with Crippen LogP contribution in [0.25, 0.3) is 0 Å². The predicted octanol–water partition coefficient (Wildman–Crippen LogP) is 2.18. The summed E-state index contributed by atoms with van der Waals surface area (Å²) in [5, 5.41) is 0. The second kappa shape index (κ2) is 6.60. The molecule has 0 saturated carbocycles. The van der Waals surface area contributed by atoms with E-state index in [2.05, 4.69) is 4.72 Å². The summed E-state index contributed by atoms with van der Waals surface area (Å²) in [5.74, 6) is 1.23. The fourth-order valence-corrected chi connectivity index (χ4v) is 2.87. The number of hydrogen-bond acceptors (Lipinski definition) is 4. The van der Waals surface area contributed by atoms with Gasteiger partial charge in [-0.05, 0) is 29.8 Å². The third-order valence-corrected chi connectivity index (χ3v) is 4.35. The van der Waals surface area contributed by atoms with Gasteiger partial charge in [-0.1, -0.05) is 18.2 Å². The van der Waals surface area contributed by atoms with Crippen LogP contribution in [-0.2, 0) is 16.6 Å². The molecule has 2 aromatic rings. The first-order valence-corrected chi connectivity index (χ1v) is 7.80. The van der Waals surface area contributed by atoms with Crippen molar-refractivity contribution < 1.29 is 17.9 Å². The third-order valence-electron chi connectivity index (χ3n) is 2.93. The Labute approximate surface area is 124 Å². The van der Waals surface area contributed by atoms with Gasteiger partial charge in [0.15, 0.2) is 0 Å². The molecular weight excluding hydrogens is 290 g/mol. The molecule has 2 rings (SSSR count). The highest BCUT2D eigenvalue weighted by Crippen LogP contribution is 2.22. The molecule has 6 heteroatoms. The molecule has 5 nitrogen and oxygen atoms in total. The van der Waals surface area contributed by atoms with E-state index in [9.17, 15) is 8.42 Å². The number of ether oxygens (including phenoxy) is 2. The first-order chi connectivity index (χ1) is 10.0. The highest BCUT2D eigenvalue weighted by Gasteiger charge is 2.13. The minimum Gasteiger partial charge on any atom is -0.497 e. The van der Waals surface area contributed by atoms with Gasteiger partial charge < -0.3 is 9.47 Å². The SMILES string of the molecule is COc1cc(CNS(=O)(=O)c2ccccc2)cc(OC)c1. The Morgan fingerprint density at radius 2 is 1.52 bits per heavy atom. The van der Waals surface area contributed by atoms with E-state index in [4.69, 9.17) is 9.47 Å². The molecule has 1 N–H and O–H groups in total. The van der Waals surface area contributed by atoms with Crippen molar-refractivity contribution in [3.05, 3.63) is 54.1 Å². The second-order valence-corrected chi connectivity index (χ2v) is 6.13. The molecule has 0 radical (unpaired) electrons. The summed E-state index contributed by atoms with van der Waals surface area (Å²) in [6, 6.07) is 13.5. The summed E-state index contributed by atoms with van der Waals surface area (Å²) in [6.45, 7) is 0.158. The lowest BCUT2D eigenvalue weighted by molar-refractivity contribution is 0.393. The Morgan fingerprint density at radius 1 is 0.952 bits per heavy atom.